The first kappa shape index (κ1) is 17.9. The van der Waals surface area contributed by atoms with Gasteiger partial charge in [-0.3, -0.25) is 4.79 Å². The second kappa shape index (κ2) is 8.48. The lowest BCUT2D eigenvalue weighted by molar-refractivity contribution is -0.114. The van der Waals surface area contributed by atoms with Crippen LogP contribution in [0.3, 0.4) is 0 Å². The van der Waals surface area contributed by atoms with Crippen molar-refractivity contribution >= 4 is 23.4 Å². The molecule has 1 amide bonds. The molecule has 2 aromatic carbocycles. The molecule has 26 heavy (non-hydrogen) atoms. The van der Waals surface area contributed by atoms with Crippen LogP contribution in [-0.2, 0) is 4.79 Å². The van der Waals surface area contributed by atoms with E-state index in [1.54, 1.807) is 0 Å². The zero-order chi connectivity index (χ0) is 18.4. The third-order valence-corrected chi connectivity index (χ3v) is 4.29. The molecule has 0 saturated heterocycles. The van der Waals surface area contributed by atoms with Crippen LogP contribution in [-0.4, -0.2) is 18.2 Å². The van der Waals surface area contributed by atoms with E-state index in [1.807, 2.05) is 67.6 Å². The Hall–Kier alpha value is -2.88. The summed E-state index contributed by atoms with van der Waals surface area (Å²) in [7, 11) is 0. The molecule has 0 N–H and O–H groups in total. The summed E-state index contributed by atoms with van der Waals surface area (Å²) >= 11 is 0. The molecular formula is C22H24N2O2. The highest BCUT2D eigenvalue weighted by atomic mass is 16.5. The van der Waals surface area contributed by atoms with Crippen LogP contribution in [0.25, 0.3) is 6.08 Å². The summed E-state index contributed by atoms with van der Waals surface area (Å²) in [6, 6.07) is 17.3. The SMILES string of the molecule is CCCCCOc1ccccc1/C=C1/C(=O)N(c2ccccc2)N=C1C. The average molecular weight is 348 g/mol. The van der Waals surface area contributed by atoms with Crippen LogP contribution in [0.1, 0.15) is 38.7 Å². The lowest BCUT2D eigenvalue weighted by Gasteiger charge is -2.12. The molecule has 4 heteroatoms. The van der Waals surface area contributed by atoms with Crippen LogP contribution in [0.5, 0.6) is 5.75 Å². The molecule has 0 saturated carbocycles. The number of anilines is 1. The molecule has 0 unspecified atom stereocenters. The Kier molecular flexibility index (Phi) is 5.84. The number of unbranched alkanes of at least 4 members (excludes halogenated alkanes) is 2. The van der Waals surface area contributed by atoms with Gasteiger partial charge in [0.05, 0.1) is 23.6 Å². The van der Waals surface area contributed by atoms with Crippen molar-refractivity contribution < 1.29 is 9.53 Å². The minimum atomic E-state index is -0.116. The normalized spacial score (nSPS) is 15.5. The third-order valence-electron chi connectivity index (χ3n) is 4.29. The number of carbonyl (C=O) groups is 1. The number of ether oxygens (including phenoxy) is 1. The van der Waals surface area contributed by atoms with Gasteiger partial charge in [-0.15, -0.1) is 0 Å². The summed E-state index contributed by atoms with van der Waals surface area (Å²) in [4.78, 5) is 12.8. The molecule has 0 bridgehead atoms. The number of para-hydroxylation sites is 2. The zero-order valence-electron chi connectivity index (χ0n) is 15.3. The van der Waals surface area contributed by atoms with E-state index in [2.05, 4.69) is 12.0 Å². The number of carbonyl (C=O) groups excluding carboxylic acids is 1. The van der Waals surface area contributed by atoms with Crippen molar-refractivity contribution in [3.8, 4) is 5.75 Å². The number of hydrogen-bond donors (Lipinski definition) is 0. The Morgan fingerprint density at radius 3 is 2.54 bits per heavy atom. The van der Waals surface area contributed by atoms with Crippen LogP contribution in [0.15, 0.2) is 65.3 Å². The van der Waals surface area contributed by atoms with Crippen LogP contribution >= 0.6 is 0 Å². The van der Waals surface area contributed by atoms with Gasteiger partial charge in [0.1, 0.15) is 5.75 Å². The highest BCUT2D eigenvalue weighted by Gasteiger charge is 2.28. The summed E-state index contributed by atoms with van der Waals surface area (Å²) in [5.41, 5.74) is 2.97. The molecule has 134 valence electrons. The molecule has 2 aromatic rings. The fourth-order valence-corrected chi connectivity index (χ4v) is 2.85. The predicted octanol–water partition coefficient (Wildman–Crippen LogP) is 5.06. The molecule has 1 heterocycles. The van der Waals surface area contributed by atoms with E-state index in [0.29, 0.717) is 17.9 Å². The van der Waals surface area contributed by atoms with Gasteiger partial charge in [-0.1, -0.05) is 56.2 Å². The minimum Gasteiger partial charge on any atom is -0.493 e. The van der Waals surface area contributed by atoms with Crippen molar-refractivity contribution in [2.24, 2.45) is 5.10 Å². The van der Waals surface area contributed by atoms with Crippen LogP contribution < -0.4 is 9.75 Å². The smallest absolute Gasteiger partial charge is 0.280 e. The van der Waals surface area contributed by atoms with Gasteiger partial charge < -0.3 is 4.74 Å². The number of hydrogen-bond acceptors (Lipinski definition) is 3. The number of hydrazone groups is 1. The van der Waals surface area contributed by atoms with E-state index in [9.17, 15) is 4.79 Å². The summed E-state index contributed by atoms with van der Waals surface area (Å²) in [5, 5.41) is 5.88. The molecule has 1 aliphatic heterocycles. The van der Waals surface area contributed by atoms with Crippen molar-refractivity contribution in [1.82, 2.24) is 0 Å². The molecule has 0 fully saturated rings. The summed E-state index contributed by atoms with van der Waals surface area (Å²) in [6.07, 6.45) is 5.22. The fourth-order valence-electron chi connectivity index (χ4n) is 2.85. The summed E-state index contributed by atoms with van der Waals surface area (Å²) in [5.74, 6) is 0.685. The lowest BCUT2D eigenvalue weighted by atomic mass is 10.1. The Labute approximate surface area is 154 Å². The second-order valence-corrected chi connectivity index (χ2v) is 6.29. The first-order valence-electron chi connectivity index (χ1n) is 9.09. The molecule has 1 aliphatic rings. The van der Waals surface area contributed by atoms with Gasteiger partial charge in [0, 0.05) is 5.56 Å². The Balaban J connectivity index is 1.82. The van der Waals surface area contributed by atoms with Crippen molar-refractivity contribution in [1.29, 1.82) is 0 Å². The third kappa shape index (κ3) is 4.02. The van der Waals surface area contributed by atoms with Gasteiger partial charge in [0.2, 0.25) is 0 Å². The van der Waals surface area contributed by atoms with Crippen molar-refractivity contribution in [3.63, 3.8) is 0 Å². The lowest BCUT2D eigenvalue weighted by Crippen LogP contribution is -2.21. The molecule has 3 rings (SSSR count). The van der Waals surface area contributed by atoms with Gasteiger partial charge in [-0.2, -0.15) is 10.1 Å². The van der Waals surface area contributed by atoms with E-state index in [0.717, 1.165) is 36.3 Å². The predicted molar refractivity (Wildman–Crippen MR) is 106 cm³/mol. The van der Waals surface area contributed by atoms with Crippen molar-refractivity contribution in [3.05, 3.63) is 65.7 Å². The topological polar surface area (TPSA) is 41.9 Å². The highest BCUT2D eigenvalue weighted by Crippen LogP contribution is 2.27. The first-order chi connectivity index (χ1) is 12.7. The quantitative estimate of drug-likeness (QED) is 0.518. The standard InChI is InChI=1S/C22H24N2O2/c1-3-4-10-15-26-21-14-9-8-11-18(21)16-20-17(2)23-24(22(20)25)19-12-6-5-7-13-19/h5-9,11-14,16H,3-4,10,15H2,1-2H3/b20-16+. The van der Waals surface area contributed by atoms with Gasteiger partial charge in [-0.05, 0) is 37.6 Å². The van der Waals surface area contributed by atoms with Crippen LogP contribution in [0.2, 0.25) is 0 Å². The molecular weight excluding hydrogens is 324 g/mol. The highest BCUT2D eigenvalue weighted by molar-refractivity contribution is 6.32. The largest absolute Gasteiger partial charge is 0.493 e. The van der Waals surface area contributed by atoms with Crippen molar-refractivity contribution in [2.75, 3.05) is 11.6 Å². The number of benzene rings is 2. The molecule has 4 nitrogen and oxygen atoms in total. The second-order valence-electron chi connectivity index (χ2n) is 6.29. The molecule has 0 radical (unpaired) electrons. The number of rotatable bonds is 7. The van der Waals surface area contributed by atoms with E-state index in [1.165, 1.54) is 5.01 Å². The maximum atomic E-state index is 12.8. The average Bonchev–Trinajstić information content (AvgIpc) is 2.95. The van der Waals surface area contributed by atoms with Gasteiger partial charge >= 0.3 is 0 Å². The molecule has 0 aliphatic carbocycles. The van der Waals surface area contributed by atoms with E-state index in [4.69, 9.17) is 4.74 Å². The molecule has 0 spiro atoms. The Bertz CT molecular complexity index is 825. The van der Waals surface area contributed by atoms with Crippen LogP contribution in [0.4, 0.5) is 5.69 Å². The van der Waals surface area contributed by atoms with E-state index >= 15 is 0 Å². The number of nitrogens with zero attached hydrogens (tertiary/aromatic N) is 2. The Morgan fingerprint density at radius 1 is 1.04 bits per heavy atom. The van der Waals surface area contributed by atoms with Gasteiger partial charge in [0.25, 0.3) is 5.91 Å². The minimum absolute atomic E-state index is 0.116. The molecule has 0 aromatic heterocycles. The van der Waals surface area contributed by atoms with Crippen molar-refractivity contribution in [2.45, 2.75) is 33.1 Å². The summed E-state index contributed by atoms with van der Waals surface area (Å²) in [6.45, 7) is 4.72. The molecule has 0 atom stereocenters. The van der Waals surface area contributed by atoms with Gasteiger partial charge in [0.15, 0.2) is 0 Å². The maximum absolute atomic E-state index is 12.8. The maximum Gasteiger partial charge on any atom is 0.280 e. The first-order valence-corrected chi connectivity index (χ1v) is 9.09. The zero-order valence-corrected chi connectivity index (χ0v) is 15.3. The fraction of sp³-hybridized carbons (Fsp3) is 0.273. The van der Waals surface area contributed by atoms with Gasteiger partial charge in [-0.25, -0.2) is 0 Å². The summed E-state index contributed by atoms with van der Waals surface area (Å²) < 4.78 is 5.92. The van der Waals surface area contributed by atoms with E-state index < -0.39 is 0 Å². The number of amides is 1. The van der Waals surface area contributed by atoms with Crippen LogP contribution in [0, 0.1) is 0 Å². The van der Waals surface area contributed by atoms with E-state index in [-0.39, 0.29) is 5.91 Å². The monoisotopic (exact) mass is 348 g/mol. The Morgan fingerprint density at radius 2 is 1.77 bits per heavy atom.